The van der Waals surface area contributed by atoms with Crippen molar-refractivity contribution in [2.45, 2.75) is 63.2 Å². The second-order valence-corrected chi connectivity index (χ2v) is 21.3. The van der Waals surface area contributed by atoms with Gasteiger partial charge in [0.25, 0.3) is 5.91 Å². The molecule has 5 aromatic carbocycles. The molecule has 0 bridgehead atoms. The van der Waals surface area contributed by atoms with Crippen LogP contribution >= 0.6 is 0 Å². The van der Waals surface area contributed by atoms with Gasteiger partial charge < -0.3 is 34.7 Å². The molecule has 4 atom stereocenters. The van der Waals surface area contributed by atoms with Crippen molar-refractivity contribution in [2.75, 3.05) is 30.5 Å². The standard InChI is InChI=1S/C49H52N4O6Si/c1-33-47(60(3,4)39-24-22-38(58-2)23-25-39)44(29-46(56)52(26-27-54)31-34-12-6-5-7-13-34)59-49(33)41-15-9-11-17-43(41)53(48(49)57)32-35-18-20-37(21-19-35)51-45(55)28-36-30-50-42-16-10-8-14-40(36)42/h5-25,30,33,44,47,50,54H,26-29,31-32H2,1-4H3,(H,51,55)/t33-,44+,47-,49+/m0/s1. The number of carbonyl (C=O) groups is 3. The van der Waals surface area contributed by atoms with Gasteiger partial charge in [-0.15, -0.1) is 0 Å². The number of carbonyl (C=O) groups excluding carboxylic acids is 3. The van der Waals surface area contributed by atoms with Crippen LogP contribution in [0.15, 0.2) is 134 Å². The van der Waals surface area contributed by atoms with Gasteiger partial charge in [0.2, 0.25) is 11.8 Å². The molecule has 3 amide bonds. The number of amides is 3. The number of ether oxygens (including phenoxy) is 2. The number of benzene rings is 5. The molecule has 0 aliphatic carbocycles. The summed E-state index contributed by atoms with van der Waals surface area (Å²) in [6, 6.07) is 41.3. The number of fused-ring (bicyclic) bond motifs is 3. The number of nitrogens with one attached hydrogen (secondary N) is 2. The first kappa shape index (κ1) is 40.8. The van der Waals surface area contributed by atoms with Crippen LogP contribution in [-0.4, -0.2) is 67.2 Å². The van der Waals surface area contributed by atoms with Gasteiger partial charge in [0, 0.05) is 47.4 Å². The molecule has 308 valence electrons. The molecule has 1 spiro atoms. The Morgan fingerprint density at radius 3 is 2.33 bits per heavy atom. The number of H-pyrrole nitrogens is 1. The third-order valence-electron chi connectivity index (χ3n) is 12.7. The van der Waals surface area contributed by atoms with Gasteiger partial charge in [0.05, 0.1) is 53.0 Å². The summed E-state index contributed by atoms with van der Waals surface area (Å²) in [5, 5.41) is 15.3. The Bertz CT molecular complexity index is 2490. The Morgan fingerprint density at radius 2 is 1.60 bits per heavy atom. The zero-order valence-corrected chi connectivity index (χ0v) is 35.6. The fourth-order valence-electron chi connectivity index (χ4n) is 9.67. The van der Waals surface area contributed by atoms with Crippen LogP contribution < -0.4 is 20.1 Å². The summed E-state index contributed by atoms with van der Waals surface area (Å²) in [7, 11) is -0.854. The molecule has 8 rings (SSSR count). The van der Waals surface area contributed by atoms with Crippen molar-refractivity contribution in [1.82, 2.24) is 9.88 Å². The van der Waals surface area contributed by atoms with Crippen molar-refractivity contribution in [3.8, 4) is 5.75 Å². The summed E-state index contributed by atoms with van der Waals surface area (Å²) in [6.45, 7) is 7.40. The van der Waals surface area contributed by atoms with Crippen molar-refractivity contribution in [1.29, 1.82) is 0 Å². The SMILES string of the molecule is COc1ccc([Si](C)(C)[C@@H]2[C@@H](CC(=O)N(CCO)Cc3ccccc3)O[C@]3(C(=O)N(Cc4ccc(NC(=O)Cc5c[nH]c6ccccc56)cc4)c4ccccc43)[C@H]2C)cc1. The fourth-order valence-corrected chi connectivity index (χ4v) is 13.7. The lowest BCUT2D eigenvalue weighted by atomic mass is 9.82. The molecule has 2 aliphatic heterocycles. The van der Waals surface area contributed by atoms with E-state index >= 15 is 4.79 Å². The number of aromatic amines is 1. The third kappa shape index (κ3) is 7.64. The van der Waals surface area contributed by atoms with E-state index in [1.54, 1.807) is 12.0 Å². The van der Waals surface area contributed by atoms with E-state index in [2.05, 4.69) is 42.5 Å². The highest BCUT2D eigenvalue weighted by Gasteiger charge is 2.66. The summed E-state index contributed by atoms with van der Waals surface area (Å²) < 4.78 is 12.7. The minimum absolute atomic E-state index is 0.0686. The summed E-state index contributed by atoms with van der Waals surface area (Å²) in [6.07, 6.45) is 1.61. The Labute approximate surface area is 352 Å². The molecule has 0 unspecified atom stereocenters. The van der Waals surface area contributed by atoms with Crippen LogP contribution in [0.1, 0.15) is 35.6 Å². The number of aromatic nitrogens is 1. The highest BCUT2D eigenvalue weighted by molar-refractivity contribution is 6.91. The number of aliphatic hydroxyl groups excluding tert-OH is 1. The average molecular weight is 821 g/mol. The largest absolute Gasteiger partial charge is 0.497 e. The van der Waals surface area contributed by atoms with Crippen LogP contribution in [0.4, 0.5) is 11.4 Å². The molecule has 6 aromatic rings. The molecule has 0 radical (unpaired) electrons. The van der Waals surface area contributed by atoms with Gasteiger partial charge in [-0.2, -0.15) is 0 Å². The molecule has 1 saturated heterocycles. The van der Waals surface area contributed by atoms with E-state index in [0.29, 0.717) is 18.8 Å². The number of hydrogen-bond donors (Lipinski definition) is 3. The topological polar surface area (TPSA) is 124 Å². The first-order chi connectivity index (χ1) is 29.0. The maximum absolute atomic E-state index is 15.3. The molecule has 10 nitrogen and oxygen atoms in total. The molecule has 2 aliphatic rings. The molecule has 3 heterocycles. The van der Waals surface area contributed by atoms with Gasteiger partial charge in [-0.1, -0.05) is 116 Å². The first-order valence-corrected chi connectivity index (χ1v) is 23.7. The summed E-state index contributed by atoms with van der Waals surface area (Å²) in [4.78, 5) is 49.4. The van der Waals surface area contributed by atoms with Crippen molar-refractivity contribution in [3.05, 3.63) is 156 Å². The highest BCUT2D eigenvalue weighted by atomic mass is 28.3. The fraction of sp³-hybridized carbons (Fsp3) is 0.286. The maximum atomic E-state index is 15.3. The summed E-state index contributed by atoms with van der Waals surface area (Å²) >= 11 is 0. The lowest BCUT2D eigenvalue weighted by Gasteiger charge is -2.37. The van der Waals surface area contributed by atoms with E-state index in [9.17, 15) is 14.7 Å². The molecule has 3 N–H and O–H groups in total. The van der Waals surface area contributed by atoms with Crippen molar-refractivity contribution >= 4 is 53.3 Å². The second kappa shape index (κ2) is 16.9. The zero-order valence-electron chi connectivity index (χ0n) is 34.6. The Morgan fingerprint density at radius 1 is 0.900 bits per heavy atom. The maximum Gasteiger partial charge on any atom is 0.264 e. The first-order valence-electron chi connectivity index (χ1n) is 20.6. The predicted molar refractivity (Wildman–Crippen MR) is 238 cm³/mol. The lowest BCUT2D eigenvalue weighted by Crippen LogP contribution is -2.52. The highest BCUT2D eigenvalue weighted by Crippen LogP contribution is 2.60. The van der Waals surface area contributed by atoms with Crippen molar-refractivity contribution in [3.63, 3.8) is 0 Å². The predicted octanol–water partition coefficient (Wildman–Crippen LogP) is 7.53. The molecule has 11 heteroatoms. The van der Waals surface area contributed by atoms with Crippen LogP contribution in [0.25, 0.3) is 10.9 Å². The smallest absolute Gasteiger partial charge is 0.264 e. The molecule has 60 heavy (non-hydrogen) atoms. The van der Waals surface area contributed by atoms with Gasteiger partial charge >= 0.3 is 0 Å². The van der Waals surface area contributed by atoms with Gasteiger partial charge in [-0.05, 0) is 58.6 Å². The summed E-state index contributed by atoms with van der Waals surface area (Å²) in [5.41, 5.74) is 4.60. The van der Waals surface area contributed by atoms with Gasteiger partial charge in [-0.25, -0.2) is 0 Å². The number of nitrogens with zero attached hydrogens (tertiary/aromatic N) is 2. The van der Waals surface area contributed by atoms with E-state index in [4.69, 9.17) is 9.47 Å². The summed E-state index contributed by atoms with van der Waals surface area (Å²) in [5.74, 6) is 0.0835. The lowest BCUT2D eigenvalue weighted by molar-refractivity contribution is -0.150. The van der Waals surface area contributed by atoms with Crippen LogP contribution in [0.2, 0.25) is 18.6 Å². The molecular weight excluding hydrogens is 769 g/mol. The van der Waals surface area contributed by atoms with Crippen molar-refractivity contribution < 1.29 is 29.0 Å². The number of para-hydroxylation sites is 2. The van der Waals surface area contributed by atoms with Gasteiger partial charge in [0.1, 0.15) is 5.75 Å². The average Bonchev–Trinajstić information content (AvgIpc) is 3.88. The van der Waals surface area contributed by atoms with Crippen LogP contribution in [0, 0.1) is 5.92 Å². The molecular formula is C49H52N4O6Si. The minimum Gasteiger partial charge on any atom is -0.497 e. The Balaban J connectivity index is 1.07. The second-order valence-electron chi connectivity index (χ2n) is 16.6. The quantitative estimate of drug-likeness (QED) is 0.0977. The van der Waals surface area contributed by atoms with E-state index < -0.39 is 19.8 Å². The third-order valence-corrected chi connectivity index (χ3v) is 17.0. The Hall–Kier alpha value is -6.01. The van der Waals surface area contributed by atoms with E-state index in [0.717, 1.165) is 44.6 Å². The van der Waals surface area contributed by atoms with Crippen LogP contribution in [0.3, 0.4) is 0 Å². The number of hydrogen-bond acceptors (Lipinski definition) is 6. The van der Waals surface area contributed by atoms with Crippen molar-refractivity contribution in [2.24, 2.45) is 5.92 Å². The monoisotopic (exact) mass is 820 g/mol. The van der Waals surface area contributed by atoms with Crippen LogP contribution in [-0.2, 0) is 44.2 Å². The van der Waals surface area contributed by atoms with Gasteiger partial charge in [-0.3, -0.25) is 14.4 Å². The number of anilines is 2. The Kier molecular flexibility index (Phi) is 11.5. The number of rotatable bonds is 14. The molecule has 1 fully saturated rings. The zero-order chi connectivity index (χ0) is 42.0. The molecule has 1 aromatic heterocycles. The normalized spacial score (nSPS) is 19.8. The van der Waals surface area contributed by atoms with E-state index in [1.807, 2.05) is 126 Å². The molecule has 0 saturated carbocycles. The van der Waals surface area contributed by atoms with Crippen LogP contribution in [0.5, 0.6) is 5.75 Å². The van der Waals surface area contributed by atoms with E-state index in [-0.39, 0.29) is 55.2 Å². The minimum atomic E-state index is -2.51. The van der Waals surface area contributed by atoms with Gasteiger partial charge in [0.15, 0.2) is 5.60 Å². The number of aliphatic hydroxyl groups is 1. The van der Waals surface area contributed by atoms with E-state index in [1.165, 1.54) is 5.19 Å². The number of methoxy groups -OCH3 is 1.